The molecule has 7 heteroatoms. The molecule has 2 N–H and O–H groups in total. The number of rotatable bonds is 9. The molecule has 1 aromatic heterocycles. The summed E-state index contributed by atoms with van der Waals surface area (Å²) in [5.74, 6) is 1.95. The van der Waals surface area contributed by atoms with E-state index in [0.717, 1.165) is 44.1 Å². The van der Waals surface area contributed by atoms with Gasteiger partial charge in [0.2, 0.25) is 0 Å². The number of carbonyl (C=O) groups is 1. The number of esters is 1. The van der Waals surface area contributed by atoms with Gasteiger partial charge in [0.15, 0.2) is 0 Å². The summed E-state index contributed by atoms with van der Waals surface area (Å²) in [6.07, 6.45) is 2.59. The Hall–Kier alpha value is -3.58. The quantitative estimate of drug-likeness (QED) is 0.340. The predicted octanol–water partition coefficient (Wildman–Crippen LogP) is 5.12. The highest BCUT2D eigenvalue weighted by Gasteiger charge is 2.30. The van der Waals surface area contributed by atoms with Gasteiger partial charge in [0.25, 0.3) is 0 Å². The summed E-state index contributed by atoms with van der Waals surface area (Å²) < 4.78 is 11.3. The SMILES string of the molecule is CCN(Cc1ccc(Oc2ccc(N)cc2)cc1)[C@H]1CCN(c2ncccc2C(=O)OC(C)C)C1. The molecule has 0 aliphatic carbocycles. The maximum absolute atomic E-state index is 12.6. The number of nitrogen functional groups attached to an aromatic ring is 1. The molecule has 35 heavy (non-hydrogen) atoms. The van der Waals surface area contributed by atoms with Crippen LogP contribution in [0, 0.1) is 0 Å². The summed E-state index contributed by atoms with van der Waals surface area (Å²) in [4.78, 5) is 21.8. The third kappa shape index (κ3) is 6.31. The Bertz CT molecular complexity index is 1120. The van der Waals surface area contributed by atoms with E-state index in [0.29, 0.717) is 23.1 Å². The molecule has 2 heterocycles. The van der Waals surface area contributed by atoms with Crippen molar-refractivity contribution >= 4 is 17.5 Å². The van der Waals surface area contributed by atoms with E-state index in [4.69, 9.17) is 15.2 Å². The van der Waals surface area contributed by atoms with Gasteiger partial charge in [-0.1, -0.05) is 19.1 Å². The Morgan fingerprint density at radius 3 is 2.46 bits per heavy atom. The van der Waals surface area contributed by atoms with Crippen molar-refractivity contribution < 1.29 is 14.3 Å². The molecular formula is C28H34N4O3. The number of likely N-dealkylation sites (N-methyl/N-ethyl adjacent to an activating group) is 1. The van der Waals surface area contributed by atoms with Crippen LogP contribution in [0.2, 0.25) is 0 Å². The van der Waals surface area contributed by atoms with Gasteiger partial charge in [-0.3, -0.25) is 4.90 Å². The predicted molar refractivity (Wildman–Crippen MR) is 139 cm³/mol. The van der Waals surface area contributed by atoms with E-state index in [9.17, 15) is 4.79 Å². The van der Waals surface area contributed by atoms with Gasteiger partial charge in [0.1, 0.15) is 22.9 Å². The Morgan fingerprint density at radius 2 is 1.80 bits per heavy atom. The van der Waals surface area contributed by atoms with Crippen molar-refractivity contribution in [1.82, 2.24) is 9.88 Å². The molecule has 3 aromatic rings. The highest BCUT2D eigenvalue weighted by atomic mass is 16.5. The maximum atomic E-state index is 12.6. The number of pyridine rings is 1. The Labute approximate surface area is 207 Å². The number of nitrogens with two attached hydrogens (primary N) is 1. The van der Waals surface area contributed by atoms with Gasteiger partial charge in [0, 0.05) is 37.6 Å². The van der Waals surface area contributed by atoms with Crippen LogP contribution in [-0.2, 0) is 11.3 Å². The van der Waals surface area contributed by atoms with Crippen molar-refractivity contribution in [2.45, 2.75) is 45.9 Å². The highest BCUT2D eigenvalue weighted by molar-refractivity contribution is 5.95. The smallest absolute Gasteiger partial charge is 0.342 e. The molecule has 4 rings (SSSR count). The largest absolute Gasteiger partial charge is 0.459 e. The van der Waals surface area contributed by atoms with Gasteiger partial charge in [-0.2, -0.15) is 0 Å². The molecule has 0 unspecified atom stereocenters. The lowest BCUT2D eigenvalue weighted by atomic mass is 10.1. The van der Waals surface area contributed by atoms with Crippen LogP contribution in [0.25, 0.3) is 0 Å². The van der Waals surface area contributed by atoms with Crippen molar-refractivity contribution in [2.24, 2.45) is 0 Å². The monoisotopic (exact) mass is 474 g/mol. The summed E-state index contributed by atoms with van der Waals surface area (Å²) in [6.45, 7) is 9.37. The van der Waals surface area contributed by atoms with Crippen LogP contribution < -0.4 is 15.4 Å². The summed E-state index contributed by atoms with van der Waals surface area (Å²) in [6, 6.07) is 19.6. The molecule has 7 nitrogen and oxygen atoms in total. The second-order valence-corrected chi connectivity index (χ2v) is 9.10. The lowest BCUT2D eigenvalue weighted by Gasteiger charge is -2.28. The molecule has 1 aliphatic heterocycles. The average molecular weight is 475 g/mol. The Kier molecular flexibility index (Phi) is 7.87. The molecule has 1 fully saturated rings. The molecule has 0 spiro atoms. The normalized spacial score (nSPS) is 15.6. The second-order valence-electron chi connectivity index (χ2n) is 9.10. The minimum absolute atomic E-state index is 0.166. The van der Waals surface area contributed by atoms with Crippen LogP contribution in [0.1, 0.15) is 43.1 Å². The third-order valence-corrected chi connectivity index (χ3v) is 6.16. The number of benzene rings is 2. The van der Waals surface area contributed by atoms with E-state index in [-0.39, 0.29) is 12.1 Å². The van der Waals surface area contributed by atoms with Gasteiger partial charge >= 0.3 is 5.97 Å². The number of ether oxygens (including phenoxy) is 2. The van der Waals surface area contributed by atoms with E-state index < -0.39 is 0 Å². The minimum atomic E-state index is -0.319. The van der Waals surface area contributed by atoms with Crippen molar-refractivity contribution in [3.05, 3.63) is 78.0 Å². The summed E-state index contributed by atoms with van der Waals surface area (Å²) in [5, 5.41) is 0. The summed E-state index contributed by atoms with van der Waals surface area (Å²) in [5.41, 5.74) is 8.22. The molecule has 1 atom stereocenters. The minimum Gasteiger partial charge on any atom is -0.459 e. The number of anilines is 2. The molecule has 0 saturated carbocycles. The van der Waals surface area contributed by atoms with Crippen LogP contribution in [0.5, 0.6) is 11.5 Å². The van der Waals surface area contributed by atoms with Crippen molar-refractivity contribution in [3.63, 3.8) is 0 Å². The van der Waals surface area contributed by atoms with Gasteiger partial charge < -0.3 is 20.1 Å². The van der Waals surface area contributed by atoms with Gasteiger partial charge in [-0.05, 0) is 80.9 Å². The Balaban J connectivity index is 1.38. The van der Waals surface area contributed by atoms with Crippen LogP contribution >= 0.6 is 0 Å². The van der Waals surface area contributed by atoms with Crippen LogP contribution in [0.15, 0.2) is 66.9 Å². The first-order valence-electron chi connectivity index (χ1n) is 12.2. The topological polar surface area (TPSA) is 80.9 Å². The van der Waals surface area contributed by atoms with Crippen LogP contribution in [0.3, 0.4) is 0 Å². The van der Waals surface area contributed by atoms with E-state index in [1.165, 1.54) is 5.56 Å². The standard InChI is InChI=1S/C28H34N4O3/c1-4-31(18-21-7-11-24(12-8-21)35-25-13-9-22(29)10-14-25)23-15-17-32(19-23)27-26(6-5-16-30-27)28(33)34-20(2)3/h5-14,16,20,23H,4,15,17-19,29H2,1-3H3/t23-/m0/s1. The molecule has 0 amide bonds. The van der Waals surface area contributed by atoms with E-state index in [1.54, 1.807) is 18.3 Å². The first kappa shape index (κ1) is 24.5. The van der Waals surface area contributed by atoms with Crippen molar-refractivity contribution in [3.8, 4) is 11.5 Å². The highest BCUT2D eigenvalue weighted by Crippen LogP contribution is 2.27. The number of carbonyl (C=O) groups excluding carboxylic acids is 1. The van der Waals surface area contributed by atoms with Gasteiger partial charge in [0.05, 0.1) is 6.10 Å². The molecule has 0 bridgehead atoms. The number of hydrogen-bond donors (Lipinski definition) is 1. The first-order valence-corrected chi connectivity index (χ1v) is 12.2. The van der Waals surface area contributed by atoms with E-state index in [2.05, 4.69) is 33.8 Å². The van der Waals surface area contributed by atoms with Crippen molar-refractivity contribution in [2.75, 3.05) is 30.3 Å². The lowest BCUT2D eigenvalue weighted by molar-refractivity contribution is 0.0378. The van der Waals surface area contributed by atoms with Gasteiger partial charge in [-0.15, -0.1) is 0 Å². The Morgan fingerprint density at radius 1 is 1.11 bits per heavy atom. The summed E-state index contributed by atoms with van der Waals surface area (Å²) in [7, 11) is 0. The molecule has 0 radical (unpaired) electrons. The van der Waals surface area contributed by atoms with Crippen LogP contribution in [0.4, 0.5) is 11.5 Å². The fourth-order valence-corrected chi connectivity index (χ4v) is 4.39. The number of hydrogen-bond acceptors (Lipinski definition) is 7. The fourth-order valence-electron chi connectivity index (χ4n) is 4.39. The second kappa shape index (κ2) is 11.2. The maximum Gasteiger partial charge on any atom is 0.342 e. The molecule has 1 saturated heterocycles. The number of nitrogens with zero attached hydrogens (tertiary/aromatic N) is 3. The average Bonchev–Trinajstić information content (AvgIpc) is 3.34. The van der Waals surface area contributed by atoms with E-state index >= 15 is 0 Å². The zero-order valence-corrected chi connectivity index (χ0v) is 20.7. The van der Waals surface area contributed by atoms with E-state index in [1.807, 2.05) is 50.2 Å². The molecular weight excluding hydrogens is 440 g/mol. The number of aromatic nitrogens is 1. The zero-order chi connectivity index (χ0) is 24.8. The van der Waals surface area contributed by atoms with Crippen LogP contribution in [-0.4, -0.2) is 47.6 Å². The fraction of sp³-hybridized carbons (Fsp3) is 0.357. The third-order valence-electron chi connectivity index (χ3n) is 6.16. The van der Waals surface area contributed by atoms with Gasteiger partial charge in [-0.25, -0.2) is 9.78 Å². The molecule has 1 aliphatic rings. The van der Waals surface area contributed by atoms with Crippen molar-refractivity contribution in [1.29, 1.82) is 0 Å². The molecule has 184 valence electrons. The summed E-state index contributed by atoms with van der Waals surface area (Å²) >= 11 is 0. The zero-order valence-electron chi connectivity index (χ0n) is 20.7. The lowest BCUT2D eigenvalue weighted by Crippen LogP contribution is -2.37. The molecule has 2 aromatic carbocycles. The first-order chi connectivity index (χ1) is 16.9.